The number of hydrogen-bond acceptors (Lipinski definition) is 6. The molecule has 1 atom stereocenters. The topological polar surface area (TPSA) is 107 Å². The van der Waals surface area contributed by atoms with Gasteiger partial charge in [-0.2, -0.15) is 4.68 Å². The van der Waals surface area contributed by atoms with Crippen LogP contribution in [0, 0.1) is 12.8 Å². The highest BCUT2D eigenvalue weighted by Crippen LogP contribution is 2.12. The van der Waals surface area contributed by atoms with Crippen LogP contribution in [-0.2, 0) is 11.2 Å². The number of nitrogens with zero attached hydrogens (tertiary/aromatic N) is 6. The van der Waals surface area contributed by atoms with E-state index in [1.165, 1.54) is 11.0 Å². The summed E-state index contributed by atoms with van der Waals surface area (Å²) in [5.41, 5.74) is 1.53. The number of aliphatic carboxylic acids is 1. The van der Waals surface area contributed by atoms with Crippen LogP contribution < -0.4 is 0 Å². The summed E-state index contributed by atoms with van der Waals surface area (Å²) in [5, 5.41) is 19.5. The molecule has 0 radical (unpaired) electrons. The van der Waals surface area contributed by atoms with E-state index >= 15 is 0 Å². The second kappa shape index (κ2) is 4.86. The van der Waals surface area contributed by atoms with Gasteiger partial charge in [-0.3, -0.25) is 4.79 Å². The standard InChI is InChI=1S/C10H12N6O2/c1-6(9(17)18)3-8-4-11-10(13-7(8)2)16-5-12-14-15-16/h4-6H,3H2,1-2H3,(H,17,18). The molecule has 0 bridgehead atoms. The first-order valence-electron chi connectivity index (χ1n) is 5.36. The van der Waals surface area contributed by atoms with Crippen molar-refractivity contribution in [2.45, 2.75) is 20.3 Å². The molecule has 2 heterocycles. The van der Waals surface area contributed by atoms with Gasteiger partial charge in [-0.25, -0.2) is 9.97 Å². The molecule has 94 valence electrons. The van der Waals surface area contributed by atoms with E-state index in [0.29, 0.717) is 12.4 Å². The lowest BCUT2D eigenvalue weighted by atomic mass is 10.0. The fourth-order valence-corrected chi connectivity index (χ4v) is 1.46. The molecule has 2 rings (SSSR count). The van der Waals surface area contributed by atoms with Crippen molar-refractivity contribution in [1.82, 2.24) is 30.2 Å². The van der Waals surface area contributed by atoms with Gasteiger partial charge in [0.2, 0.25) is 0 Å². The van der Waals surface area contributed by atoms with Crippen LogP contribution in [0.5, 0.6) is 0 Å². The molecule has 0 saturated carbocycles. The molecule has 0 spiro atoms. The van der Waals surface area contributed by atoms with Crippen LogP contribution in [0.2, 0.25) is 0 Å². The third-order valence-electron chi connectivity index (χ3n) is 2.57. The lowest BCUT2D eigenvalue weighted by Crippen LogP contribution is -2.14. The number of carbonyl (C=O) groups is 1. The van der Waals surface area contributed by atoms with Crippen molar-refractivity contribution in [3.8, 4) is 5.95 Å². The first-order chi connectivity index (χ1) is 8.58. The third-order valence-corrected chi connectivity index (χ3v) is 2.57. The quantitative estimate of drug-likeness (QED) is 0.812. The first-order valence-corrected chi connectivity index (χ1v) is 5.36. The van der Waals surface area contributed by atoms with Crippen molar-refractivity contribution < 1.29 is 9.90 Å². The highest BCUT2D eigenvalue weighted by Gasteiger charge is 2.14. The lowest BCUT2D eigenvalue weighted by molar-refractivity contribution is -0.141. The molecule has 2 aromatic heterocycles. The smallest absolute Gasteiger partial charge is 0.306 e. The van der Waals surface area contributed by atoms with Gasteiger partial charge >= 0.3 is 5.97 Å². The van der Waals surface area contributed by atoms with Gasteiger partial charge in [0.15, 0.2) is 0 Å². The van der Waals surface area contributed by atoms with E-state index in [2.05, 4.69) is 25.5 Å². The maximum absolute atomic E-state index is 10.8. The molecule has 8 heteroatoms. The van der Waals surface area contributed by atoms with Gasteiger partial charge in [0, 0.05) is 11.9 Å². The SMILES string of the molecule is Cc1nc(-n2cnnn2)ncc1CC(C)C(=O)O. The van der Waals surface area contributed by atoms with E-state index in [-0.39, 0.29) is 0 Å². The van der Waals surface area contributed by atoms with Crippen LogP contribution in [0.15, 0.2) is 12.5 Å². The fourth-order valence-electron chi connectivity index (χ4n) is 1.46. The van der Waals surface area contributed by atoms with Crippen molar-refractivity contribution in [2.75, 3.05) is 0 Å². The third kappa shape index (κ3) is 2.47. The van der Waals surface area contributed by atoms with E-state index in [1.807, 2.05) is 0 Å². The highest BCUT2D eigenvalue weighted by atomic mass is 16.4. The summed E-state index contributed by atoms with van der Waals surface area (Å²) in [6.07, 6.45) is 3.41. The van der Waals surface area contributed by atoms with Crippen molar-refractivity contribution in [3.05, 3.63) is 23.8 Å². The van der Waals surface area contributed by atoms with Crippen LogP contribution >= 0.6 is 0 Å². The number of carboxylic acids is 1. The zero-order valence-electron chi connectivity index (χ0n) is 9.98. The average molecular weight is 248 g/mol. The molecule has 0 fully saturated rings. The number of aryl methyl sites for hydroxylation is 1. The molecule has 0 aromatic carbocycles. The van der Waals surface area contributed by atoms with Crippen LogP contribution in [0.4, 0.5) is 0 Å². The molecule has 18 heavy (non-hydrogen) atoms. The van der Waals surface area contributed by atoms with Gasteiger partial charge in [0.05, 0.1) is 5.92 Å². The van der Waals surface area contributed by atoms with Crippen molar-refractivity contribution in [2.24, 2.45) is 5.92 Å². The minimum atomic E-state index is -0.834. The maximum Gasteiger partial charge on any atom is 0.306 e. The zero-order chi connectivity index (χ0) is 13.1. The molecule has 0 amide bonds. The summed E-state index contributed by atoms with van der Waals surface area (Å²) >= 11 is 0. The van der Waals surface area contributed by atoms with Gasteiger partial charge in [-0.15, -0.1) is 5.10 Å². The van der Waals surface area contributed by atoms with Crippen LogP contribution in [0.3, 0.4) is 0 Å². The first kappa shape index (κ1) is 12.1. The Kier molecular flexibility index (Phi) is 3.26. The minimum Gasteiger partial charge on any atom is -0.481 e. The molecule has 1 N–H and O–H groups in total. The van der Waals surface area contributed by atoms with E-state index in [0.717, 1.165) is 11.3 Å². The second-order valence-corrected chi connectivity index (χ2v) is 3.98. The summed E-state index contributed by atoms with van der Waals surface area (Å²) in [5.74, 6) is -0.936. The Hall–Kier alpha value is -2.38. The van der Waals surface area contributed by atoms with Crippen LogP contribution in [0.1, 0.15) is 18.2 Å². The Labute approximate surface area is 103 Å². The monoisotopic (exact) mass is 248 g/mol. The average Bonchev–Trinajstić information content (AvgIpc) is 2.85. The predicted octanol–water partition coefficient (Wildman–Crippen LogP) is 0.0239. The van der Waals surface area contributed by atoms with Crippen molar-refractivity contribution in [1.29, 1.82) is 0 Å². The molecule has 0 saturated heterocycles. The van der Waals surface area contributed by atoms with E-state index < -0.39 is 11.9 Å². The number of aromatic nitrogens is 6. The zero-order valence-corrected chi connectivity index (χ0v) is 9.98. The van der Waals surface area contributed by atoms with Gasteiger partial charge in [-0.1, -0.05) is 6.92 Å². The number of hydrogen-bond donors (Lipinski definition) is 1. The fraction of sp³-hybridized carbons (Fsp3) is 0.400. The van der Waals surface area contributed by atoms with Gasteiger partial charge < -0.3 is 5.11 Å². The Morgan fingerprint density at radius 1 is 1.56 bits per heavy atom. The number of carboxylic acid groups (broad SMARTS) is 1. The molecule has 0 aliphatic heterocycles. The largest absolute Gasteiger partial charge is 0.481 e. The maximum atomic E-state index is 10.8. The van der Waals surface area contributed by atoms with Crippen LogP contribution in [0.25, 0.3) is 5.95 Å². The predicted molar refractivity (Wildman–Crippen MR) is 60.0 cm³/mol. The van der Waals surface area contributed by atoms with E-state index in [4.69, 9.17) is 5.11 Å². The highest BCUT2D eigenvalue weighted by molar-refractivity contribution is 5.69. The molecule has 1 unspecified atom stereocenters. The molecular formula is C10H12N6O2. The normalized spacial score (nSPS) is 12.3. The minimum absolute atomic E-state index is 0.365. The van der Waals surface area contributed by atoms with E-state index in [1.54, 1.807) is 20.0 Å². The summed E-state index contributed by atoms with van der Waals surface area (Å²) in [4.78, 5) is 19.2. The molecule has 8 nitrogen and oxygen atoms in total. The second-order valence-electron chi connectivity index (χ2n) is 3.98. The summed E-state index contributed by atoms with van der Waals surface area (Å²) in [7, 11) is 0. The molecule has 0 aliphatic carbocycles. The van der Waals surface area contributed by atoms with Gasteiger partial charge in [0.25, 0.3) is 5.95 Å². The molecule has 0 aliphatic rings. The van der Waals surface area contributed by atoms with Gasteiger partial charge in [-0.05, 0) is 29.3 Å². The van der Waals surface area contributed by atoms with Crippen LogP contribution in [-0.4, -0.2) is 41.3 Å². The Bertz CT molecular complexity index is 554. The van der Waals surface area contributed by atoms with Crippen molar-refractivity contribution in [3.63, 3.8) is 0 Å². The van der Waals surface area contributed by atoms with E-state index in [9.17, 15) is 4.79 Å². The molecule has 2 aromatic rings. The summed E-state index contributed by atoms with van der Waals surface area (Å²) in [6.45, 7) is 3.45. The lowest BCUT2D eigenvalue weighted by Gasteiger charge is -2.08. The summed E-state index contributed by atoms with van der Waals surface area (Å²) in [6, 6.07) is 0. The van der Waals surface area contributed by atoms with Crippen molar-refractivity contribution >= 4 is 5.97 Å². The Morgan fingerprint density at radius 2 is 2.33 bits per heavy atom. The Morgan fingerprint density at radius 3 is 2.89 bits per heavy atom. The number of rotatable bonds is 4. The summed E-state index contributed by atoms with van der Waals surface area (Å²) < 4.78 is 1.34. The number of tetrazole rings is 1. The van der Waals surface area contributed by atoms with Gasteiger partial charge in [0.1, 0.15) is 6.33 Å². The molecular weight excluding hydrogens is 236 g/mol. The Balaban J connectivity index is 2.23.